The van der Waals surface area contributed by atoms with Crippen molar-refractivity contribution in [2.75, 3.05) is 12.8 Å². The predicted octanol–water partition coefficient (Wildman–Crippen LogP) is 2.80. The van der Waals surface area contributed by atoms with Crippen molar-refractivity contribution in [1.29, 1.82) is 5.26 Å². The number of hydrogen-bond acceptors (Lipinski definition) is 4. The van der Waals surface area contributed by atoms with Crippen molar-refractivity contribution in [1.82, 2.24) is 9.55 Å². The second-order valence-electron chi connectivity index (χ2n) is 4.77. The minimum atomic E-state index is 0.330. The monoisotopic (exact) mass is 278 g/mol. The lowest BCUT2D eigenvalue weighted by Crippen LogP contribution is -2.05. The topological polar surface area (TPSA) is 76.9 Å². The molecule has 1 heterocycles. The van der Waals surface area contributed by atoms with Crippen LogP contribution in [0.4, 0.5) is 5.95 Å². The Morgan fingerprint density at radius 1 is 1.29 bits per heavy atom. The Labute approximate surface area is 122 Å². The van der Waals surface area contributed by atoms with Crippen LogP contribution >= 0.6 is 0 Å². The summed E-state index contributed by atoms with van der Waals surface area (Å²) in [5.41, 5.74) is 9.91. The van der Waals surface area contributed by atoms with Gasteiger partial charge in [0.1, 0.15) is 17.5 Å². The number of nitrogens with two attached hydrogens (primary N) is 1. The standard InChI is InChI=1S/C16H14N4O/c1-10-6-7-12-13(8-10)20(16(18)19-12)15-11(9-17)4-3-5-14(15)21-2/h3-8H,1-2H3,(H2,18,19). The molecular formula is C16H14N4O. The van der Waals surface area contributed by atoms with E-state index in [0.717, 1.165) is 16.6 Å². The number of hydrogen-bond donors (Lipinski definition) is 1. The maximum atomic E-state index is 9.37. The fourth-order valence-corrected chi connectivity index (χ4v) is 2.45. The van der Waals surface area contributed by atoms with Crippen molar-refractivity contribution >= 4 is 17.0 Å². The highest BCUT2D eigenvalue weighted by Gasteiger charge is 2.17. The van der Waals surface area contributed by atoms with Crippen molar-refractivity contribution in [2.45, 2.75) is 6.92 Å². The van der Waals surface area contributed by atoms with Crippen LogP contribution < -0.4 is 10.5 Å². The van der Waals surface area contributed by atoms with Gasteiger partial charge in [0.2, 0.25) is 5.95 Å². The Balaban J connectivity index is 2.43. The van der Waals surface area contributed by atoms with Crippen LogP contribution in [-0.4, -0.2) is 16.7 Å². The highest BCUT2D eigenvalue weighted by Crippen LogP contribution is 2.32. The summed E-state index contributed by atoms with van der Waals surface area (Å²) in [6.45, 7) is 2.00. The molecule has 0 saturated heterocycles. The maximum absolute atomic E-state index is 9.37. The molecule has 0 aliphatic carbocycles. The van der Waals surface area contributed by atoms with Crippen molar-refractivity contribution in [2.24, 2.45) is 0 Å². The van der Waals surface area contributed by atoms with Gasteiger partial charge in [-0.2, -0.15) is 5.26 Å². The third kappa shape index (κ3) is 1.98. The third-order valence-electron chi connectivity index (χ3n) is 3.40. The minimum Gasteiger partial charge on any atom is -0.495 e. The summed E-state index contributed by atoms with van der Waals surface area (Å²) in [4.78, 5) is 4.36. The van der Waals surface area contributed by atoms with Gasteiger partial charge in [0.15, 0.2) is 0 Å². The average Bonchev–Trinajstić information content (AvgIpc) is 2.81. The lowest BCUT2D eigenvalue weighted by molar-refractivity contribution is 0.413. The lowest BCUT2D eigenvalue weighted by Gasteiger charge is -2.13. The van der Waals surface area contributed by atoms with Crippen molar-refractivity contribution in [3.05, 3.63) is 47.5 Å². The number of methoxy groups -OCH3 is 1. The highest BCUT2D eigenvalue weighted by atomic mass is 16.5. The number of nitrogen functional groups attached to an aromatic ring is 1. The number of nitrogens with zero attached hydrogens (tertiary/aromatic N) is 3. The smallest absolute Gasteiger partial charge is 0.206 e. The summed E-state index contributed by atoms with van der Waals surface area (Å²) in [5.74, 6) is 0.915. The van der Waals surface area contributed by atoms with Crippen LogP contribution in [0.15, 0.2) is 36.4 Å². The van der Waals surface area contributed by atoms with Crippen LogP contribution in [0.5, 0.6) is 5.75 Å². The van der Waals surface area contributed by atoms with Crippen LogP contribution in [0, 0.1) is 18.3 Å². The van der Waals surface area contributed by atoms with Crippen molar-refractivity contribution in [3.8, 4) is 17.5 Å². The summed E-state index contributed by atoms with van der Waals surface area (Å²) < 4.78 is 7.15. The second-order valence-corrected chi connectivity index (χ2v) is 4.77. The fourth-order valence-electron chi connectivity index (χ4n) is 2.45. The number of anilines is 1. The number of aromatic nitrogens is 2. The molecule has 2 aromatic carbocycles. The molecule has 0 aliphatic heterocycles. The molecule has 5 heteroatoms. The van der Waals surface area contributed by atoms with Crippen LogP contribution in [0.3, 0.4) is 0 Å². The third-order valence-corrected chi connectivity index (χ3v) is 3.40. The van der Waals surface area contributed by atoms with E-state index in [2.05, 4.69) is 11.1 Å². The van der Waals surface area contributed by atoms with E-state index in [1.165, 1.54) is 0 Å². The van der Waals surface area contributed by atoms with Gasteiger partial charge in [0.25, 0.3) is 0 Å². The summed E-state index contributed by atoms with van der Waals surface area (Å²) in [5, 5.41) is 9.37. The molecule has 0 saturated carbocycles. The van der Waals surface area contributed by atoms with E-state index >= 15 is 0 Å². The molecule has 1 aromatic heterocycles. The van der Waals surface area contributed by atoms with Gasteiger partial charge in [-0.3, -0.25) is 4.57 Å². The summed E-state index contributed by atoms with van der Waals surface area (Å²) in [6, 6.07) is 13.4. The maximum Gasteiger partial charge on any atom is 0.206 e. The second kappa shape index (κ2) is 4.84. The highest BCUT2D eigenvalue weighted by molar-refractivity contribution is 5.83. The van der Waals surface area contributed by atoms with Crippen LogP contribution in [0.1, 0.15) is 11.1 Å². The molecule has 0 amide bonds. The number of ether oxygens (including phenoxy) is 1. The Morgan fingerprint density at radius 2 is 2.10 bits per heavy atom. The first-order valence-electron chi connectivity index (χ1n) is 6.47. The van der Waals surface area contributed by atoms with Gasteiger partial charge in [-0.1, -0.05) is 12.1 Å². The first-order chi connectivity index (χ1) is 10.2. The largest absolute Gasteiger partial charge is 0.495 e. The van der Waals surface area contributed by atoms with Crippen molar-refractivity contribution < 1.29 is 4.74 Å². The first-order valence-corrected chi connectivity index (χ1v) is 6.47. The zero-order valence-electron chi connectivity index (χ0n) is 11.8. The van der Waals surface area contributed by atoms with Gasteiger partial charge in [0, 0.05) is 0 Å². The summed E-state index contributed by atoms with van der Waals surface area (Å²) in [6.07, 6.45) is 0. The Bertz CT molecular complexity index is 874. The molecule has 3 rings (SSSR count). The van der Waals surface area contributed by atoms with Crippen LogP contribution in [-0.2, 0) is 0 Å². The number of imidazole rings is 1. The number of fused-ring (bicyclic) bond motifs is 1. The number of nitriles is 1. The van der Waals surface area contributed by atoms with E-state index in [1.807, 2.05) is 25.1 Å². The Kier molecular flexibility index (Phi) is 2.99. The molecule has 0 spiro atoms. The molecule has 3 aromatic rings. The van der Waals surface area contributed by atoms with Crippen LogP contribution in [0.25, 0.3) is 16.7 Å². The number of benzene rings is 2. The molecule has 0 fully saturated rings. The molecule has 2 N–H and O–H groups in total. The van der Waals surface area contributed by atoms with E-state index in [4.69, 9.17) is 10.5 Å². The van der Waals surface area contributed by atoms with Crippen molar-refractivity contribution in [3.63, 3.8) is 0 Å². The number of aryl methyl sites for hydroxylation is 1. The Morgan fingerprint density at radius 3 is 2.81 bits per heavy atom. The van der Waals surface area contributed by atoms with Gasteiger partial charge in [-0.05, 0) is 36.8 Å². The van der Waals surface area contributed by atoms with E-state index in [-0.39, 0.29) is 0 Å². The van der Waals surface area contributed by atoms with E-state index in [9.17, 15) is 5.26 Å². The molecule has 0 aliphatic rings. The predicted molar refractivity (Wildman–Crippen MR) is 81.5 cm³/mol. The molecule has 5 nitrogen and oxygen atoms in total. The lowest BCUT2D eigenvalue weighted by atomic mass is 10.1. The molecule has 104 valence electrons. The van der Waals surface area contributed by atoms with E-state index in [0.29, 0.717) is 22.9 Å². The molecule has 0 radical (unpaired) electrons. The van der Waals surface area contributed by atoms with Gasteiger partial charge in [0.05, 0.1) is 23.7 Å². The fraction of sp³-hybridized carbons (Fsp3) is 0.125. The molecule has 0 atom stereocenters. The summed E-state index contributed by atoms with van der Waals surface area (Å²) in [7, 11) is 1.57. The zero-order valence-corrected chi connectivity index (χ0v) is 11.8. The zero-order chi connectivity index (χ0) is 15.0. The van der Waals surface area contributed by atoms with Gasteiger partial charge in [-0.25, -0.2) is 4.98 Å². The molecule has 0 bridgehead atoms. The summed E-state index contributed by atoms with van der Waals surface area (Å²) >= 11 is 0. The van der Waals surface area contributed by atoms with Gasteiger partial charge >= 0.3 is 0 Å². The SMILES string of the molecule is COc1cccc(C#N)c1-n1c(N)nc2ccc(C)cc21. The number of para-hydroxylation sites is 1. The van der Waals surface area contributed by atoms with Gasteiger partial charge < -0.3 is 10.5 Å². The van der Waals surface area contributed by atoms with Gasteiger partial charge in [-0.15, -0.1) is 0 Å². The normalized spacial score (nSPS) is 10.5. The van der Waals surface area contributed by atoms with E-state index < -0.39 is 0 Å². The molecular weight excluding hydrogens is 264 g/mol. The molecule has 21 heavy (non-hydrogen) atoms. The number of rotatable bonds is 2. The van der Waals surface area contributed by atoms with E-state index in [1.54, 1.807) is 29.9 Å². The Hall–Kier alpha value is -3.00. The average molecular weight is 278 g/mol. The first kappa shape index (κ1) is 13.0. The minimum absolute atomic E-state index is 0.330. The quantitative estimate of drug-likeness (QED) is 0.782. The molecule has 0 unspecified atom stereocenters. The van der Waals surface area contributed by atoms with Crippen LogP contribution in [0.2, 0.25) is 0 Å².